The zero-order chi connectivity index (χ0) is 26.0. The van der Waals surface area contributed by atoms with E-state index >= 15 is 0 Å². The highest BCUT2D eigenvalue weighted by molar-refractivity contribution is 5.92. The van der Waals surface area contributed by atoms with Crippen molar-refractivity contribution in [3.8, 4) is 0 Å². The summed E-state index contributed by atoms with van der Waals surface area (Å²) in [7, 11) is 0. The lowest BCUT2D eigenvalue weighted by molar-refractivity contribution is -0.208. The first-order valence-corrected chi connectivity index (χ1v) is 13.7. The van der Waals surface area contributed by atoms with Gasteiger partial charge in [-0.3, -0.25) is 14.4 Å². The summed E-state index contributed by atoms with van der Waals surface area (Å²) in [5.74, 6) is -0.466. The summed E-state index contributed by atoms with van der Waals surface area (Å²) in [5, 5.41) is 22.3. The van der Waals surface area contributed by atoms with Gasteiger partial charge in [0.25, 0.3) is 0 Å². The minimum atomic E-state index is -1.07. The SMILES string of the molecule is CC1(C)CC2C3=CC(O)C4C5(C)CCC(=O)C(C)(C)C5CCC4(C)C3(C)CCC2(C(=O)O)CC1=O. The molecule has 0 heterocycles. The first kappa shape index (κ1) is 25.2. The van der Waals surface area contributed by atoms with E-state index in [0.717, 1.165) is 31.3 Å². The van der Waals surface area contributed by atoms with Gasteiger partial charge in [-0.15, -0.1) is 0 Å². The van der Waals surface area contributed by atoms with E-state index in [1.54, 1.807) is 0 Å². The van der Waals surface area contributed by atoms with E-state index in [1.165, 1.54) is 0 Å². The highest BCUT2D eigenvalue weighted by atomic mass is 16.4. The van der Waals surface area contributed by atoms with E-state index in [9.17, 15) is 24.6 Å². The van der Waals surface area contributed by atoms with Gasteiger partial charge in [0.05, 0.1) is 11.5 Å². The Labute approximate surface area is 210 Å². The van der Waals surface area contributed by atoms with Crippen molar-refractivity contribution in [1.82, 2.24) is 0 Å². The Hall–Kier alpha value is -1.49. The van der Waals surface area contributed by atoms with Gasteiger partial charge in [0.15, 0.2) is 0 Å². The van der Waals surface area contributed by atoms with Crippen LogP contribution in [0.15, 0.2) is 11.6 Å². The normalized spacial score (nSPS) is 50.2. The molecule has 0 saturated heterocycles. The van der Waals surface area contributed by atoms with Gasteiger partial charge < -0.3 is 10.2 Å². The molecule has 0 spiro atoms. The molecule has 4 fully saturated rings. The molecule has 5 aliphatic rings. The molecule has 5 aliphatic carbocycles. The van der Waals surface area contributed by atoms with Crippen molar-refractivity contribution in [2.24, 2.45) is 50.2 Å². The van der Waals surface area contributed by atoms with Gasteiger partial charge in [-0.1, -0.05) is 60.1 Å². The summed E-state index contributed by atoms with van der Waals surface area (Å²) >= 11 is 0. The number of fused-ring (bicyclic) bond motifs is 7. The maximum absolute atomic E-state index is 13.0. The Morgan fingerprint density at radius 2 is 1.60 bits per heavy atom. The van der Waals surface area contributed by atoms with Crippen LogP contribution in [0, 0.1) is 50.2 Å². The third-order valence-electron chi connectivity index (χ3n) is 12.7. The fraction of sp³-hybridized carbons (Fsp3) is 0.833. The molecule has 5 heteroatoms. The fourth-order valence-corrected chi connectivity index (χ4v) is 10.3. The average Bonchev–Trinajstić information content (AvgIpc) is 2.73. The number of ketones is 2. The molecule has 2 N–H and O–H groups in total. The van der Waals surface area contributed by atoms with Gasteiger partial charge in [-0.2, -0.15) is 0 Å². The average molecular weight is 485 g/mol. The number of aliphatic carboxylic acids is 1. The van der Waals surface area contributed by atoms with Crippen LogP contribution in [0.1, 0.15) is 99.8 Å². The zero-order valence-corrected chi connectivity index (χ0v) is 22.7. The van der Waals surface area contributed by atoms with E-state index in [4.69, 9.17) is 0 Å². The van der Waals surface area contributed by atoms with E-state index in [-0.39, 0.29) is 46.2 Å². The first-order chi connectivity index (χ1) is 16.0. The number of Topliss-reactive ketones (excluding diaryl/α,β-unsaturated/α-hetero) is 2. The Morgan fingerprint density at radius 1 is 0.943 bits per heavy atom. The molecule has 0 radical (unpaired) electrons. The maximum atomic E-state index is 13.0. The summed E-state index contributed by atoms with van der Waals surface area (Å²) in [6, 6.07) is 0. The van der Waals surface area contributed by atoms with Crippen molar-refractivity contribution in [2.75, 3.05) is 0 Å². The lowest BCUT2D eigenvalue weighted by Gasteiger charge is -2.71. The number of carboxylic acid groups (broad SMARTS) is 1. The Kier molecular flexibility index (Phi) is 5.09. The molecule has 0 aliphatic heterocycles. The number of aliphatic hydroxyl groups is 1. The second-order valence-electron chi connectivity index (χ2n) is 14.8. The molecule has 4 saturated carbocycles. The summed E-state index contributed by atoms with van der Waals surface area (Å²) in [4.78, 5) is 38.7. The molecule has 0 aromatic carbocycles. The third-order valence-corrected chi connectivity index (χ3v) is 12.7. The topological polar surface area (TPSA) is 91.7 Å². The highest BCUT2D eigenvalue weighted by Crippen LogP contribution is 2.75. The van der Waals surface area contributed by atoms with Gasteiger partial charge in [-0.25, -0.2) is 0 Å². The molecule has 0 bridgehead atoms. The summed E-state index contributed by atoms with van der Waals surface area (Å²) < 4.78 is 0. The minimum Gasteiger partial charge on any atom is -0.481 e. The molecule has 194 valence electrons. The highest BCUT2D eigenvalue weighted by Gasteiger charge is 2.71. The minimum absolute atomic E-state index is 0.0189. The number of allylic oxidation sites excluding steroid dienone is 1. The molecule has 0 amide bonds. The zero-order valence-electron chi connectivity index (χ0n) is 22.7. The molecule has 35 heavy (non-hydrogen) atoms. The van der Waals surface area contributed by atoms with Gasteiger partial charge in [-0.05, 0) is 66.6 Å². The number of rotatable bonds is 1. The lowest BCUT2D eigenvalue weighted by atomic mass is 9.33. The van der Waals surface area contributed by atoms with Crippen LogP contribution in [-0.4, -0.2) is 33.9 Å². The number of hydrogen-bond acceptors (Lipinski definition) is 4. The molecule has 5 nitrogen and oxygen atoms in total. The quantitative estimate of drug-likeness (QED) is 0.473. The molecule has 8 atom stereocenters. The monoisotopic (exact) mass is 484 g/mol. The predicted octanol–water partition coefficient (Wildman–Crippen LogP) is 5.59. The standard InChI is InChI=1S/C30H44O5/c1-25(2)15-18-17-14-19(31)23-27(5)10-9-21(32)26(3,4)20(27)8-11-29(23,7)28(17,6)12-13-30(18,24(34)35)16-22(25)33/h14,18-20,23,31H,8-13,15-16H2,1-7H3,(H,34,35). The van der Waals surface area contributed by atoms with Crippen molar-refractivity contribution < 1.29 is 24.6 Å². The number of carbonyl (C=O) groups is 3. The number of aliphatic hydroxyl groups excluding tert-OH is 1. The first-order valence-electron chi connectivity index (χ1n) is 13.7. The molecular weight excluding hydrogens is 440 g/mol. The van der Waals surface area contributed by atoms with Gasteiger partial charge in [0.2, 0.25) is 0 Å². The van der Waals surface area contributed by atoms with Crippen LogP contribution in [0.4, 0.5) is 0 Å². The van der Waals surface area contributed by atoms with E-state index < -0.39 is 28.3 Å². The largest absolute Gasteiger partial charge is 0.481 e. The molecule has 0 aromatic rings. The van der Waals surface area contributed by atoms with Crippen LogP contribution in [0.2, 0.25) is 0 Å². The van der Waals surface area contributed by atoms with Crippen LogP contribution in [0.25, 0.3) is 0 Å². The van der Waals surface area contributed by atoms with Crippen LogP contribution in [0.5, 0.6) is 0 Å². The fourth-order valence-electron chi connectivity index (χ4n) is 10.3. The van der Waals surface area contributed by atoms with Gasteiger partial charge >= 0.3 is 5.97 Å². The maximum Gasteiger partial charge on any atom is 0.310 e. The Morgan fingerprint density at radius 3 is 2.23 bits per heavy atom. The summed E-state index contributed by atoms with van der Waals surface area (Å²) in [6.45, 7) is 15.1. The molecular formula is C30H44O5. The van der Waals surface area contributed by atoms with E-state index in [2.05, 4.69) is 34.6 Å². The van der Waals surface area contributed by atoms with Gasteiger partial charge in [0, 0.05) is 29.6 Å². The van der Waals surface area contributed by atoms with Crippen LogP contribution >= 0.6 is 0 Å². The van der Waals surface area contributed by atoms with Crippen molar-refractivity contribution in [3.63, 3.8) is 0 Å². The Bertz CT molecular complexity index is 1040. The molecule has 0 aromatic heterocycles. The summed E-state index contributed by atoms with van der Waals surface area (Å²) in [5.41, 5.74) is -1.53. The third kappa shape index (κ3) is 2.88. The van der Waals surface area contributed by atoms with E-state index in [0.29, 0.717) is 25.0 Å². The summed E-state index contributed by atoms with van der Waals surface area (Å²) in [6.07, 6.45) is 6.43. The number of carbonyl (C=O) groups excluding carboxylic acids is 2. The van der Waals surface area contributed by atoms with Crippen LogP contribution < -0.4 is 0 Å². The van der Waals surface area contributed by atoms with Crippen LogP contribution in [0.3, 0.4) is 0 Å². The molecule has 8 unspecified atom stereocenters. The van der Waals surface area contributed by atoms with Gasteiger partial charge in [0.1, 0.15) is 11.6 Å². The van der Waals surface area contributed by atoms with Crippen molar-refractivity contribution in [3.05, 3.63) is 11.6 Å². The second kappa shape index (κ2) is 7.08. The smallest absolute Gasteiger partial charge is 0.310 e. The number of hydrogen-bond donors (Lipinski definition) is 2. The van der Waals surface area contributed by atoms with Crippen molar-refractivity contribution in [1.29, 1.82) is 0 Å². The van der Waals surface area contributed by atoms with Crippen molar-refractivity contribution in [2.45, 2.75) is 106 Å². The Balaban J connectivity index is 1.66. The van der Waals surface area contributed by atoms with Crippen molar-refractivity contribution >= 4 is 17.5 Å². The van der Waals surface area contributed by atoms with Crippen LogP contribution in [-0.2, 0) is 14.4 Å². The second-order valence-corrected chi connectivity index (χ2v) is 14.8. The molecule has 5 rings (SSSR count). The van der Waals surface area contributed by atoms with E-state index in [1.807, 2.05) is 19.9 Å². The predicted molar refractivity (Wildman–Crippen MR) is 133 cm³/mol. The lowest BCUT2D eigenvalue weighted by Crippen LogP contribution is -2.67. The number of carboxylic acids is 1.